The van der Waals surface area contributed by atoms with Crippen molar-refractivity contribution in [1.29, 1.82) is 0 Å². The maximum Gasteiger partial charge on any atom is 0.136 e. The number of ether oxygens (including phenoxy) is 1. The molecule has 0 saturated carbocycles. The first kappa shape index (κ1) is 14.3. The Balaban J connectivity index is 1.59. The van der Waals surface area contributed by atoms with E-state index in [1.165, 1.54) is 25.8 Å². The van der Waals surface area contributed by atoms with Crippen LogP contribution in [-0.4, -0.2) is 47.8 Å². The normalized spacial score (nSPS) is 16.7. The number of aromatic nitrogens is 1. The minimum atomic E-state index is 0.288. The van der Waals surface area contributed by atoms with E-state index in [2.05, 4.69) is 9.88 Å². The number of morpholine rings is 1. The van der Waals surface area contributed by atoms with Crippen LogP contribution in [0.3, 0.4) is 0 Å². The predicted octanol–water partition coefficient (Wildman–Crippen LogP) is 2.14. The van der Waals surface area contributed by atoms with Gasteiger partial charge < -0.3 is 9.84 Å². The lowest BCUT2D eigenvalue weighted by Gasteiger charge is -2.26. The molecule has 1 aliphatic rings. The van der Waals surface area contributed by atoms with Crippen molar-refractivity contribution in [3.05, 3.63) is 23.5 Å². The molecule has 0 unspecified atom stereocenters. The van der Waals surface area contributed by atoms with Crippen molar-refractivity contribution >= 4 is 0 Å². The number of hydrogen-bond acceptors (Lipinski definition) is 4. The zero-order valence-electron chi connectivity index (χ0n) is 11.8. The zero-order chi connectivity index (χ0) is 13.5. The molecule has 2 rings (SSSR count). The summed E-state index contributed by atoms with van der Waals surface area (Å²) in [6.07, 6.45) is 4.65. The smallest absolute Gasteiger partial charge is 0.136 e. The van der Waals surface area contributed by atoms with Gasteiger partial charge in [0.05, 0.1) is 18.9 Å². The van der Waals surface area contributed by atoms with Gasteiger partial charge in [-0.25, -0.2) is 0 Å². The van der Waals surface area contributed by atoms with E-state index in [9.17, 15) is 5.11 Å². The number of aryl methyl sites for hydroxylation is 2. The third-order valence-corrected chi connectivity index (χ3v) is 3.63. The molecule has 0 amide bonds. The topological polar surface area (TPSA) is 45.6 Å². The Labute approximate surface area is 115 Å². The fourth-order valence-corrected chi connectivity index (χ4v) is 2.39. The molecule has 19 heavy (non-hydrogen) atoms. The number of rotatable bonds is 6. The van der Waals surface area contributed by atoms with Crippen molar-refractivity contribution in [2.24, 2.45) is 0 Å². The minimum absolute atomic E-state index is 0.288. The summed E-state index contributed by atoms with van der Waals surface area (Å²) in [5.41, 5.74) is 1.81. The molecule has 0 radical (unpaired) electrons. The van der Waals surface area contributed by atoms with Crippen LogP contribution in [0.2, 0.25) is 0 Å². The largest absolute Gasteiger partial charge is 0.506 e. The van der Waals surface area contributed by atoms with E-state index in [1.807, 2.05) is 13.0 Å². The molecule has 1 aromatic rings. The Hall–Kier alpha value is -1.13. The second-order valence-electron chi connectivity index (χ2n) is 5.17. The molecule has 1 aromatic heterocycles. The van der Waals surface area contributed by atoms with Crippen molar-refractivity contribution in [3.8, 4) is 5.75 Å². The van der Waals surface area contributed by atoms with E-state index in [-0.39, 0.29) is 5.75 Å². The van der Waals surface area contributed by atoms with Crippen molar-refractivity contribution in [3.63, 3.8) is 0 Å². The molecule has 0 bridgehead atoms. The minimum Gasteiger partial charge on any atom is -0.506 e. The summed E-state index contributed by atoms with van der Waals surface area (Å²) in [7, 11) is 0. The quantitative estimate of drug-likeness (QED) is 0.800. The molecule has 4 heteroatoms. The molecular formula is C15H24N2O2. The first-order valence-corrected chi connectivity index (χ1v) is 7.21. The molecule has 4 nitrogen and oxygen atoms in total. The first-order chi connectivity index (χ1) is 9.25. The van der Waals surface area contributed by atoms with E-state index in [1.54, 1.807) is 6.07 Å². The van der Waals surface area contributed by atoms with E-state index in [4.69, 9.17) is 4.74 Å². The van der Waals surface area contributed by atoms with Gasteiger partial charge in [-0.1, -0.05) is 6.42 Å². The van der Waals surface area contributed by atoms with Gasteiger partial charge in [-0.15, -0.1) is 0 Å². The van der Waals surface area contributed by atoms with Crippen molar-refractivity contribution in [2.75, 3.05) is 32.8 Å². The monoisotopic (exact) mass is 264 g/mol. The van der Waals surface area contributed by atoms with Crippen LogP contribution in [0, 0.1) is 6.92 Å². The molecule has 106 valence electrons. The van der Waals surface area contributed by atoms with Gasteiger partial charge in [0.15, 0.2) is 0 Å². The lowest BCUT2D eigenvalue weighted by atomic mass is 10.1. The van der Waals surface area contributed by atoms with E-state index in [0.717, 1.165) is 44.1 Å². The van der Waals surface area contributed by atoms with Crippen LogP contribution >= 0.6 is 0 Å². The molecule has 0 atom stereocenters. The molecule has 1 N–H and O–H groups in total. The maximum absolute atomic E-state index is 9.42. The van der Waals surface area contributed by atoms with Gasteiger partial charge >= 0.3 is 0 Å². The number of hydrogen-bond donors (Lipinski definition) is 1. The molecule has 0 spiro atoms. The van der Waals surface area contributed by atoms with Gasteiger partial charge in [0.25, 0.3) is 0 Å². The number of pyridine rings is 1. The van der Waals surface area contributed by atoms with Gasteiger partial charge in [-0.05, 0) is 44.9 Å². The predicted molar refractivity (Wildman–Crippen MR) is 75.5 cm³/mol. The van der Waals surface area contributed by atoms with Gasteiger partial charge in [0.2, 0.25) is 0 Å². The van der Waals surface area contributed by atoms with Crippen LogP contribution in [0.1, 0.15) is 30.7 Å². The highest BCUT2D eigenvalue weighted by Crippen LogP contribution is 2.14. The summed E-state index contributed by atoms with van der Waals surface area (Å²) < 4.78 is 5.34. The summed E-state index contributed by atoms with van der Waals surface area (Å²) in [4.78, 5) is 6.86. The summed E-state index contributed by atoms with van der Waals surface area (Å²) in [6.45, 7) is 6.97. The molecule has 0 aromatic carbocycles. The third kappa shape index (κ3) is 4.80. The standard InChI is InChI=1S/C15H24N2O2/c1-13-15(18)7-6-14(16-13)5-3-2-4-8-17-9-11-19-12-10-17/h6-7,18H,2-5,8-12H2,1H3. The van der Waals surface area contributed by atoms with Crippen molar-refractivity contribution < 1.29 is 9.84 Å². The van der Waals surface area contributed by atoms with Crippen LogP contribution in [0.25, 0.3) is 0 Å². The second kappa shape index (κ2) is 7.46. The van der Waals surface area contributed by atoms with Gasteiger partial charge in [0.1, 0.15) is 5.75 Å². The van der Waals surface area contributed by atoms with Crippen LogP contribution < -0.4 is 0 Å². The molecule has 1 aliphatic heterocycles. The molecule has 2 heterocycles. The average molecular weight is 264 g/mol. The fraction of sp³-hybridized carbons (Fsp3) is 0.667. The summed E-state index contributed by atoms with van der Waals surface area (Å²) in [6, 6.07) is 3.66. The lowest BCUT2D eigenvalue weighted by Crippen LogP contribution is -2.36. The Kier molecular flexibility index (Phi) is 5.61. The molecule has 1 saturated heterocycles. The fourth-order valence-electron chi connectivity index (χ4n) is 2.39. The lowest BCUT2D eigenvalue weighted by molar-refractivity contribution is 0.0371. The second-order valence-corrected chi connectivity index (χ2v) is 5.17. The number of unbranched alkanes of at least 4 members (excludes halogenated alkanes) is 2. The highest BCUT2D eigenvalue weighted by Gasteiger charge is 2.09. The Morgan fingerprint density at radius 3 is 2.74 bits per heavy atom. The number of aromatic hydroxyl groups is 1. The van der Waals surface area contributed by atoms with Crippen LogP contribution in [0.5, 0.6) is 5.75 Å². The Morgan fingerprint density at radius 2 is 2.00 bits per heavy atom. The summed E-state index contributed by atoms with van der Waals surface area (Å²) in [5, 5.41) is 9.42. The van der Waals surface area contributed by atoms with Gasteiger partial charge in [-0.2, -0.15) is 0 Å². The molecule has 0 aliphatic carbocycles. The Bertz CT molecular complexity index is 390. The van der Waals surface area contributed by atoms with E-state index in [0.29, 0.717) is 0 Å². The van der Waals surface area contributed by atoms with Gasteiger partial charge in [-0.3, -0.25) is 9.88 Å². The average Bonchev–Trinajstić information content (AvgIpc) is 2.43. The highest BCUT2D eigenvalue weighted by molar-refractivity contribution is 5.26. The van der Waals surface area contributed by atoms with E-state index >= 15 is 0 Å². The third-order valence-electron chi connectivity index (χ3n) is 3.63. The summed E-state index contributed by atoms with van der Waals surface area (Å²) >= 11 is 0. The van der Waals surface area contributed by atoms with Crippen LogP contribution in [0.4, 0.5) is 0 Å². The maximum atomic E-state index is 9.42. The highest BCUT2D eigenvalue weighted by atomic mass is 16.5. The van der Waals surface area contributed by atoms with Crippen LogP contribution in [-0.2, 0) is 11.2 Å². The number of nitrogens with zero attached hydrogens (tertiary/aromatic N) is 2. The SMILES string of the molecule is Cc1nc(CCCCCN2CCOCC2)ccc1O. The van der Waals surface area contributed by atoms with Crippen molar-refractivity contribution in [1.82, 2.24) is 9.88 Å². The molecular weight excluding hydrogens is 240 g/mol. The van der Waals surface area contributed by atoms with E-state index < -0.39 is 0 Å². The molecule has 1 fully saturated rings. The first-order valence-electron chi connectivity index (χ1n) is 7.21. The Morgan fingerprint density at radius 1 is 1.21 bits per heavy atom. The zero-order valence-corrected chi connectivity index (χ0v) is 11.8. The van der Waals surface area contributed by atoms with Gasteiger partial charge in [0, 0.05) is 18.8 Å². The summed E-state index contributed by atoms with van der Waals surface area (Å²) in [5.74, 6) is 0.288. The van der Waals surface area contributed by atoms with Crippen LogP contribution in [0.15, 0.2) is 12.1 Å². The van der Waals surface area contributed by atoms with Crippen molar-refractivity contribution in [2.45, 2.75) is 32.6 Å².